The molecule has 0 radical (unpaired) electrons. The predicted octanol–water partition coefficient (Wildman–Crippen LogP) is 1.79. The molecular formula is C22H13F2N4NaO3S2. The van der Waals surface area contributed by atoms with Crippen LogP contribution in [0.5, 0.6) is 0 Å². The number of hydrogen-bond acceptors (Lipinski definition) is 6. The number of fused-ring (bicyclic) bond motifs is 1. The molecule has 0 atom stereocenters. The van der Waals surface area contributed by atoms with Crippen LogP contribution in [0.3, 0.4) is 0 Å². The van der Waals surface area contributed by atoms with E-state index in [1.54, 1.807) is 18.5 Å². The zero-order valence-electron chi connectivity index (χ0n) is 17.6. The number of amides is 1. The van der Waals surface area contributed by atoms with Crippen LogP contribution in [0.2, 0.25) is 0 Å². The van der Waals surface area contributed by atoms with E-state index in [0.29, 0.717) is 29.4 Å². The number of nitrogens with zero attached hydrogens (tertiary/aromatic N) is 3. The molecule has 1 amide bonds. The smallest absolute Gasteiger partial charge is 0.571 e. The van der Waals surface area contributed by atoms with Crippen molar-refractivity contribution in [3.8, 4) is 20.9 Å². The minimum absolute atomic E-state index is 0. The number of hydrogen-bond donors (Lipinski definition) is 1. The Morgan fingerprint density at radius 3 is 2.44 bits per heavy atom. The van der Waals surface area contributed by atoms with Gasteiger partial charge in [0, 0.05) is 45.5 Å². The molecule has 0 saturated heterocycles. The van der Waals surface area contributed by atoms with Gasteiger partial charge in [-0.05, 0) is 30.3 Å². The number of pyridine rings is 2. The Morgan fingerprint density at radius 2 is 1.71 bits per heavy atom. The summed E-state index contributed by atoms with van der Waals surface area (Å²) in [5.41, 5.74) is 2.64. The Bertz CT molecular complexity index is 1530. The first kappa shape index (κ1) is 24.4. The third-order valence-electron chi connectivity index (χ3n) is 4.93. The molecule has 1 aromatic carbocycles. The number of thiophene rings is 1. The summed E-state index contributed by atoms with van der Waals surface area (Å²) in [5, 5.41) is 2.73. The Kier molecular flexibility index (Phi) is 6.83. The molecule has 0 unspecified atom stereocenters. The minimum atomic E-state index is -4.41. The fourth-order valence-corrected chi connectivity index (χ4v) is 5.35. The normalized spacial score (nSPS) is 12.6. The van der Waals surface area contributed by atoms with Crippen molar-refractivity contribution in [2.24, 2.45) is 0 Å². The molecule has 0 fully saturated rings. The van der Waals surface area contributed by atoms with E-state index in [-0.39, 0.29) is 41.2 Å². The fourth-order valence-electron chi connectivity index (χ4n) is 3.36. The Hall–Kier alpha value is -2.70. The summed E-state index contributed by atoms with van der Waals surface area (Å²) in [6.07, 6.45) is 4.48. The number of sulfonamides is 1. The van der Waals surface area contributed by atoms with Gasteiger partial charge in [-0.25, -0.2) is 17.2 Å². The maximum absolute atomic E-state index is 13.9. The molecule has 1 aliphatic heterocycles. The number of nitrogens with one attached hydrogen (secondary N) is 1. The van der Waals surface area contributed by atoms with E-state index in [2.05, 4.69) is 20.0 Å². The average Bonchev–Trinajstić information content (AvgIpc) is 3.41. The summed E-state index contributed by atoms with van der Waals surface area (Å²) in [4.78, 5) is 21.2. The minimum Gasteiger partial charge on any atom is -0.571 e. The molecule has 0 bridgehead atoms. The zero-order valence-corrected chi connectivity index (χ0v) is 21.3. The zero-order chi connectivity index (χ0) is 23.2. The molecule has 5 rings (SSSR count). The van der Waals surface area contributed by atoms with E-state index >= 15 is 0 Å². The molecule has 3 aromatic heterocycles. The van der Waals surface area contributed by atoms with Gasteiger partial charge in [-0.15, -0.1) is 17.0 Å². The summed E-state index contributed by atoms with van der Waals surface area (Å²) in [6.45, 7) is 0.414. The van der Waals surface area contributed by atoms with Crippen LogP contribution in [0.25, 0.3) is 25.6 Å². The van der Waals surface area contributed by atoms with Crippen molar-refractivity contribution in [1.82, 2.24) is 15.3 Å². The van der Waals surface area contributed by atoms with Crippen LogP contribution in [0.4, 0.5) is 14.5 Å². The van der Waals surface area contributed by atoms with E-state index in [0.717, 1.165) is 27.5 Å². The van der Waals surface area contributed by atoms with Crippen LogP contribution in [0.15, 0.2) is 66.0 Å². The standard InChI is InChI=1S/C22H13F2N4O3S2.Na/c23-14-1-4-21(17(24)7-14)33(30,31)28-15-5-12(8-25-10-15)19-2-3-20(32-19)13-6-16-18(26-9-13)11-27-22(16)29;/h1-10H,11H2,(H,27,29);/q-1;+1. The van der Waals surface area contributed by atoms with Gasteiger partial charge in [0.25, 0.3) is 5.91 Å². The summed E-state index contributed by atoms with van der Waals surface area (Å²) in [6, 6.07) is 9.17. The summed E-state index contributed by atoms with van der Waals surface area (Å²) < 4.78 is 55.7. The molecule has 12 heteroatoms. The molecule has 7 nitrogen and oxygen atoms in total. The molecule has 1 aliphatic rings. The number of carbonyl (C=O) groups excluding carboxylic acids is 1. The Morgan fingerprint density at radius 1 is 0.971 bits per heavy atom. The molecule has 4 aromatic rings. The maximum atomic E-state index is 13.9. The van der Waals surface area contributed by atoms with Crippen molar-refractivity contribution in [3.05, 3.63) is 88.7 Å². The third kappa shape index (κ3) is 4.75. The van der Waals surface area contributed by atoms with Crippen LogP contribution in [-0.2, 0) is 16.6 Å². The fraction of sp³-hybridized carbons (Fsp3) is 0.0455. The first-order valence-corrected chi connectivity index (χ1v) is 11.8. The molecule has 0 saturated carbocycles. The van der Waals surface area contributed by atoms with Crippen molar-refractivity contribution < 1.29 is 51.6 Å². The monoisotopic (exact) mass is 506 g/mol. The van der Waals surface area contributed by atoms with Crippen LogP contribution in [0.1, 0.15) is 16.1 Å². The van der Waals surface area contributed by atoms with Gasteiger partial charge in [0.15, 0.2) is 0 Å². The van der Waals surface area contributed by atoms with Crippen LogP contribution in [0, 0.1) is 11.6 Å². The van der Waals surface area contributed by atoms with Crippen LogP contribution >= 0.6 is 11.3 Å². The summed E-state index contributed by atoms with van der Waals surface area (Å²) >= 11 is 1.41. The third-order valence-corrected chi connectivity index (χ3v) is 7.45. The quantitative estimate of drug-likeness (QED) is 0.416. The second-order valence-electron chi connectivity index (χ2n) is 7.14. The van der Waals surface area contributed by atoms with Crippen LogP contribution < -0.4 is 34.9 Å². The number of rotatable bonds is 5. The van der Waals surface area contributed by atoms with Crippen molar-refractivity contribution >= 4 is 33.0 Å². The summed E-state index contributed by atoms with van der Waals surface area (Å²) in [7, 11) is -4.41. The van der Waals surface area contributed by atoms with Crippen molar-refractivity contribution in [3.63, 3.8) is 0 Å². The van der Waals surface area contributed by atoms with Gasteiger partial charge < -0.3 is 10.0 Å². The second kappa shape index (κ2) is 9.51. The second-order valence-corrected chi connectivity index (χ2v) is 9.79. The van der Waals surface area contributed by atoms with E-state index in [4.69, 9.17) is 0 Å². The molecule has 166 valence electrons. The van der Waals surface area contributed by atoms with Gasteiger partial charge in [0.05, 0.1) is 22.7 Å². The number of carbonyl (C=O) groups is 1. The average molecular weight is 506 g/mol. The Balaban J connectivity index is 0.00000274. The van der Waals surface area contributed by atoms with Crippen molar-refractivity contribution in [1.29, 1.82) is 0 Å². The SMILES string of the molecule is O=C1NCc2ncc(-c3ccc(-c4cncc([N-]S(=O)(=O)c5ccc(F)cc5F)c4)s3)cc21.[Na+]. The molecule has 4 heterocycles. The van der Waals surface area contributed by atoms with E-state index < -0.39 is 26.6 Å². The van der Waals surface area contributed by atoms with E-state index in [9.17, 15) is 22.0 Å². The molecule has 1 N–H and O–H groups in total. The maximum Gasteiger partial charge on any atom is 1.00 e. The number of benzene rings is 1. The van der Waals surface area contributed by atoms with Gasteiger partial charge in [-0.2, -0.15) is 0 Å². The number of aromatic nitrogens is 2. The number of halogens is 2. The first-order chi connectivity index (χ1) is 15.8. The molecule has 34 heavy (non-hydrogen) atoms. The summed E-state index contributed by atoms with van der Waals surface area (Å²) in [5.74, 6) is -2.27. The van der Waals surface area contributed by atoms with Gasteiger partial charge in [-0.1, -0.05) is 6.07 Å². The first-order valence-electron chi connectivity index (χ1n) is 9.56. The largest absolute Gasteiger partial charge is 1.00 e. The predicted molar refractivity (Wildman–Crippen MR) is 119 cm³/mol. The van der Waals surface area contributed by atoms with E-state index in [1.807, 2.05) is 12.1 Å². The van der Waals surface area contributed by atoms with Gasteiger partial charge >= 0.3 is 29.6 Å². The van der Waals surface area contributed by atoms with E-state index in [1.165, 1.54) is 23.6 Å². The van der Waals surface area contributed by atoms with Gasteiger partial charge in [0.1, 0.15) is 21.7 Å². The van der Waals surface area contributed by atoms with Crippen molar-refractivity contribution in [2.75, 3.05) is 0 Å². The molecule has 0 aliphatic carbocycles. The van der Waals surface area contributed by atoms with Gasteiger partial charge in [-0.3, -0.25) is 14.8 Å². The molecular weight excluding hydrogens is 493 g/mol. The topological polar surface area (TPSA) is 103 Å². The Labute approximate surface area is 219 Å². The van der Waals surface area contributed by atoms with Crippen molar-refractivity contribution in [2.45, 2.75) is 11.4 Å². The van der Waals surface area contributed by atoms with Gasteiger partial charge in [0.2, 0.25) is 0 Å². The molecule has 0 spiro atoms. The van der Waals surface area contributed by atoms with Crippen LogP contribution in [-0.4, -0.2) is 24.3 Å².